The molecule has 0 aromatic heterocycles. The van der Waals surface area contributed by atoms with E-state index in [4.69, 9.17) is 9.47 Å². The van der Waals surface area contributed by atoms with Gasteiger partial charge in [0.2, 0.25) is 5.91 Å². The standard InChI is InChI=1S/C27H40N2O6/c1-5-14-28-25(33)35-23-12-13-26(2)19(20(31)10-11-22(26)27(23,3)17-30)15-24(32)29-16-18-8-6-7-9-21(18)34-4/h5-9,19-20,22-23,30-31H,1,10-17H2,2-4H3,(H,28,33)(H,29,32)/t19-,20-,22-,23-,26+,27+/m1/s1. The molecule has 3 rings (SSSR count). The number of benzene rings is 1. The van der Waals surface area contributed by atoms with Crippen LogP contribution in [0.5, 0.6) is 5.75 Å². The van der Waals surface area contributed by atoms with Crippen molar-refractivity contribution in [3.05, 3.63) is 42.5 Å². The van der Waals surface area contributed by atoms with Gasteiger partial charge in [-0.15, -0.1) is 6.58 Å². The summed E-state index contributed by atoms with van der Waals surface area (Å²) in [7, 11) is 1.60. The Balaban J connectivity index is 1.73. The molecule has 2 aliphatic carbocycles. The molecule has 1 aromatic carbocycles. The molecular formula is C27H40N2O6. The molecule has 1 aromatic rings. The molecule has 0 aliphatic heterocycles. The molecule has 35 heavy (non-hydrogen) atoms. The zero-order valence-corrected chi connectivity index (χ0v) is 21.1. The van der Waals surface area contributed by atoms with Crippen LogP contribution < -0.4 is 15.4 Å². The van der Waals surface area contributed by atoms with E-state index in [1.54, 1.807) is 13.2 Å². The number of carbonyl (C=O) groups excluding carboxylic acids is 2. The molecule has 2 aliphatic rings. The number of aliphatic hydroxyl groups excluding tert-OH is 2. The predicted octanol–water partition coefficient (Wildman–Crippen LogP) is 3.17. The zero-order chi connectivity index (χ0) is 25.6. The number of aliphatic hydroxyl groups is 2. The molecule has 0 radical (unpaired) electrons. The van der Waals surface area contributed by atoms with Crippen LogP contribution in [0.2, 0.25) is 0 Å². The Bertz CT molecular complexity index is 907. The van der Waals surface area contributed by atoms with Crippen LogP contribution in [-0.4, -0.2) is 54.7 Å². The smallest absolute Gasteiger partial charge is 0.407 e. The highest BCUT2D eigenvalue weighted by Crippen LogP contribution is 2.61. The second-order valence-electron chi connectivity index (χ2n) is 10.4. The summed E-state index contributed by atoms with van der Waals surface area (Å²) >= 11 is 0. The van der Waals surface area contributed by atoms with Crippen molar-refractivity contribution in [3.63, 3.8) is 0 Å². The van der Waals surface area contributed by atoms with Crippen LogP contribution in [-0.2, 0) is 16.1 Å². The van der Waals surface area contributed by atoms with Crippen molar-refractivity contribution < 1.29 is 29.3 Å². The molecule has 0 saturated heterocycles. The van der Waals surface area contributed by atoms with Crippen LogP contribution in [0.1, 0.15) is 51.5 Å². The summed E-state index contributed by atoms with van der Waals surface area (Å²) in [5, 5.41) is 27.1. The lowest BCUT2D eigenvalue weighted by atomic mass is 9.46. The van der Waals surface area contributed by atoms with Gasteiger partial charge >= 0.3 is 6.09 Å². The molecule has 2 amide bonds. The van der Waals surface area contributed by atoms with E-state index in [1.807, 2.05) is 31.2 Å². The normalized spacial score (nSPS) is 32.1. The maximum atomic E-state index is 13.0. The number of hydrogen-bond acceptors (Lipinski definition) is 6. The van der Waals surface area contributed by atoms with E-state index in [9.17, 15) is 19.8 Å². The summed E-state index contributed by atoms with van der Waals surface area (Å²) in [4.78, 5) is 25.2. The number of rotatable bonds is 9. The first-order valence-electron chi connectivity index (χ1n) is 12.4. The number of amides is 2. The summed E-state index contributed by atoms with van der Waals surface area (Å²) in [5.74, 6) is 0.308. The molecule has 2 saturated carbocycles. The van der Waals surface area contributed by atoms with E-state index < -0.39 is 23.7 Å². The van der Waals surface area contributed by atoms with Gasteiger partial charge in [0.05, 0.1) is 19.8 Å². The Hall–Kier alpha value is -2.58. The van der Waals surface area contributed by atoms with E-state index in [1.165, 1.54) is 0 Å². The van der Waals surface area contributed by atoms with Crippen molar-refractivity contribution >= 4 is 12.0 Å². The lowest BCUT2D eigenvalue weighted by Crippen LogP contribution is -2.61. The topological polar surface area (TPSA) is 117 Å². The zero-order valence-electron chi connectivity index (χ0n) is 21.1. The van der Waals surface area contributed by atoms with Crippen LogP contribution >= 0.6 is 0 Å². The fraction of sp³-hybridized carbons (Fsp3) is 0.630. The molecule has 8 nitrogen and oxygen atoms in total. The number of para-hydroxylation sites is 1. The first-order chi connectivity index (χ1) is 16.7. The summed E-state index contributed by atoms with van der Waals surface area (Å²) in [6.45, 7) is 8.17. The molecule has 0 bridgehead atoms. The second-order valence-corrected chi connectivity index (χ2v) is 10.4. The average molecular weight is 489 g/mol. The quantitative estimate of drug-likeness (QED) is 0.397. The van der Waals surface area contributed by atoms with E-state index in [-0.39, 0.29) is 36.2 Å². The second kappa shape index (κ2) is 11.4. The molecule has 0 spiro atoms. The Labute approximate surface area is 208 Å². The average Bonchev–Trinajstić information content (AvgIpc) is 2.85. The minimum atomic E-state index is -0.676. The lowest BCUT2D eigenvalue weighted by molar-refractivity contribution is -0.185. The van der Waals surface area contributed by atoms with Crippen molar-refractivity contribution in [1.29, 1.82) is 0 Å². The minimum Gasteiger partial charge on any atom is -0.496 e. The summed E-state index contributed by atoms with van der Waals surface area (Å²) < 4.78 is 11.1. The summed E-state index contributed by atoms with van der Waals surface area (Å²) in [5.41, 5.74) is -0.170. The highest BCUT2D eigenvalue weighted by Gasteiger charge is 2.60. The Kier molecular flexibility index (Phi) is 8.83. The molecule has 2 fully saturated rings. The van der Waals surface area contributed by atoms with Crippen molar-refractivity contribution in [3.8, 4) is 5.75 Å². The molecule has 6 atom stereocenters. The van der Waals surface area contributed by atoms with Gasteiger partial charge in [-0.1, -0.05) is 38.1 Å². The maximum absolute atomic E-state index is 13.0. The van der Waals surface area contributed by atoms with Crippen LogP contribution in [0.4, 0.5) is 4.79 Å². The third-order valence-corrected chi connectivity index (χ3v) is 8.39. The van der Waals surface area contributed by atoms with Crippen LogP contribution in [0.3, 0.4) is 0 Å². The first-order valence-corrected chi connectivity index (χ1v) is 12.4. The van der Waals surface area contributed by atoms with Crippen LogP contribution in [0.15, 0.2) is 36.9 Å². The fourth-order valence-electron chi connectivity index (χ4n) is 6.42. The van der Waals surface area contributed by atoms with Gasteiger partial charge in [0.25, 0.3) is 0 Å². The maximum Gasteiger partial charge on any atom is 0.407 e. The SMILES string of the molecule is C=CCNC(=O)O[C@@H]1CC[C@]2(C)[C@@H](CC[C@@H](O)[C@H]2CC(=O)NCc2ccccc2OC)[C@]1(C)CO. The lowest BCUT2D eigenvalue weighted by Gasteiger charge is -2.60. The number of hydrogen-bond donors (Lipinski definition) is 4. The van der Waals surface area contributed by atoms with Crippen LogP contribution in [0, 0.1) is 22.7 Å². The van der Waals surface area contributed by atoms with Gasteiger partial charge in [0.15, 0.2) is 0 Å². The Morgan fingerprint density at radius 1 is 1.20 bits per heavy atom. The largest absolute Gasteiger partial charge is 0.496 e. The number of nitrogens with one attached hydrogen (secondary N) is 2. The molecule has 4 N–H and O–H groups in total. The first kappa shape index (κ1) is 27.0. The van der Waals surface area contributed by atoms with E-state index in [2.05, 4.69) is 24.1 Å². The fourth-order valence-corrected chi connectivity index (χ4v) is 6.42. The molecular weight excluding hydrogens is 448 g/mol. The highest BCUT2D eigenvalue weighted by atomic mass is 16.6. The van der Waals surface area contributed by atoms with Gasteiger partial charge in [-0.3, -0.25) is 4.79 Å². The molecule has 0 heterocycles. The molecule has 0 unspecified atom stereocenters. The number of carbonyl (C=O) groups is 2. The van der Waals surface area contributed by atoms with Crippen molar-refractivity contribution in [2.45, 2.75) is 64.7 Å². The van der Waals surface area contributed by atoms with Gasteiger partial charge in [-0.05, 0) is 49.0 Å². The third-order valence-electron chi connectivity index (χ3n) is 8.39. The van der Waals surface area contributed by atoms with Crippen molar-refractivity contribution in [2.24, 2.45) is 22.7 Å². The van der Waals surface area contributed by atoms with Crippen molar-refractivity contribution in [1.82, 2.24) is 10.6 Å². The summed E-state index contributed by atoms with van der Waals surface area (Å²) in [6, 6.07) is 7.54. The number of ether oxygens (including phenoxy) is 2. The van der Waals surface area contributed by atoms with Crippen LogP contribution in [0.25, 0.3) is 0 Å². The van der Waals surface area contributed by atoms with Gasteiger partial charge < -0.3 is 30.3 Å². The van der Waals surface area contributed by atoms with E-state index in [0.717, 1.165) is 5.56 Å². The Morgan fingerprint density at radius 3 is 2.63 bits per heavy atom. The monoisotopic (exact) mass is 488 g/mol. The van der Waals surface area contributed by atoms with Gasteiger partial charge in [0.1, 0.15) is 11.9 Å². The van der Waals surface area contributed by atoms with Gasteiger partial charge in [0, 0.05) is 30.5 Å². The number of alkyl carbamates (subject to hydrolysis) is 1. The third kappa shape index (κ3) is 5.64. The Morgan fingerprint density at radius 2 is 1.94 bits per heavy atom. The minimum absolute atomic E-state index is 0.0126. The van der Waals surface area contributed by atoms with Gasteiger partial charge in [-0.2, -0.15) is 0 Å². The number of fused-ring (bicyclic) bond motifs is 1. The van der Waals surface area contributed by atoms with E-state index >= 15 is 0 Å². The predicted molar refractivity (Wildman–Crippen MR) is 133 cm³/mol. The van der Waals surface area contributed by atoms with E-state index in [0.29, 0.717) is 44.5 Å². The summed E-state index contributed by atoms with van der Waals surface area (Å²) in [6.07, 6.45) is 2.66. The molecule has 8 heteroatoms. The highest BCUT2D eigenvalue weighted by molar-refractivity contribution is 5.76. The van der Waals surface area contributed by atoms with Crippen molar-refractivity contribution in [2.75, 3.05) is 20.3 Å². The van der Waals surface area contributed by atoms with Gasteiger partial charge in [-0.25, -0.2) is 4.79 Å². The number of methoxy groups -OCH3 is 1. The molecule has 194 valence electrons.